The molecule has 4 rings (SSSR count). The lowest BCUT2D eigenvalue weighted by Crippen LogP contribution is -2.13. The van der Waals surface area contributed by atoms with Gasteiger partial charge in [-0.2, -0.15) is 0 Å². The SMILES string of the molecule is CC(C)c1nnc(NC(=O)c2cc(-c3ccncc3)nc3ccccc23)s1. The van der Waals surface area contributed by atoms with E-state index in [1.807, 2.05) is 50.2 Å². The van der Waals surface area contributed by atoms with Crippen molar-refractivity contribution in [3.63, 3.8) is 0 Å². The van der Waals surface area contributed by atoms with Crippen LogP contribution in [0, 0.1) is 0 Å². The molecular formula is C20H17N5OS. The van der Waals surface area contributed by atoms with E-state index in [0.29, 0.717) is 10.7 Å². The van der Waals surface area contributed by atoms with Crippen molar-refractivity contribution in [2.24, 2.45) is 0 Å². The highest BCUT2D eigenvalue weighted by Gasteiger charge is 2.16. The number of amides is 1. The number of fused-ring (bicyclic) bond motifs is 1. The second kappa shape index (κ2) is 7.20. The number of hydrogen-bond donors (Lipinski definition) is 1. The van der Waals surface area contributed by atoms with Crippen LogP contribution in [-0.4, -0.2) is 26.1 Å². The maximum absolute atomic E-state index is 13.0. The van der Waals surface area contributed by atoms with Crippen LogP contribution in [0.25, 0.3) is 22.2 Å². The molecule has 0 bridgehead atoms. The largest absolute Gasteiger partial charge is 0.296 e. The fourth-order valence-corrected chi connectivity index (χ4v) is 3.46. The summed E-state index contributed by atoms with van der Waals surface area (Å²) in [5.74, 6) is 0.0450. The molecule has 1 N–H and O–H groups in total. The Bertz CT molecular complexity index is 1110. The maximum Gasteiger partial charge on any atom is 0.258 e. The van der Waals surface area contributed by atoms with Crippen molar-refractivity contribution in [3.05, 3.63) is 65.4 Å². The van der Waals surface area contributed by atoms with Crippen LogP contribution in [0.1, 0.15) is 35.1 Å². The zero-order valence-electron chi connectivity index (χ0n) is 14.9. The van der Waals surface area contributed by atoms with Gasteiger partial charge in [0.15, 0.2) is 0 Å². The van der Waals surface area contributed by atoms with Crippen molar-refractivity contribution in [2.45, 2.75) is 19.8 Å². The number of nitrogens with one attached hydrogen (secondary N) is 1. The summed E-state index contributed by atoms with van der Waals surface area (Å²) in [6, 6.07) is 13.2. The van der Waals surface area contributed by atoms with Crippen LogP contribution in [0.15, 0.2) is 54.9 Å². The van der Waals surface area contributed by atoms with E-state index in [4.69, 9.17) is 0 Å². The van der Waals surface area contributed by atoms with Gasteiger partial charge in [-0.3, -0.25) is 15.1 Å². The molecule has 0 unspecified atom stereocenters. The van der Waals surface area contributed by atoms with E-state index in [0.717, 1.165) is 27.2 Å². The van der Waals surface area contributed by atoms with Crippen LogP contribution in [0.5, 0.6) is 0 Å². The maximum atomic E-state index is 13.0. The Balaban J connectivity index is 1.76. The van der Waals surface area contributed by atoms with Gasteiger partial charge >= 0.3 is 0 Å². The first kappa shape index (κ1) is 17.2. The Morgan fingerprint density at radius 1 is 1.07 bits per heavy atom. The number of pyridine rings is 2. The van der Waals surface area contributed by atoms with E-state index >= 15 is 0 Å². The van der Waals surface area contributed by atoms with Crippen molar-refractivity contribution in [3.8, 4) is 11.3 Å². The van der Waals surface area contributed by atoms with Gasteiger partial charge in [-0.1, -0.05) is 43.4 Å². The second-order valence-corrected chi connectivity index (χ2v) is 7.37. The van der Waals surface area contributed by atoms with Crippen molar-refractivity contribution in [1.29, 1.82) is 0 Å². The molecule has 0 atom stereocenters. The minimum absolute atomic E-state index is 0.227. The molecule has 1 amide bonds. The molecule has 0 fully saturated rings. The first-order chi connectivity index (χ1) is 13.1. The lowest BCUT2D eigenvalue weighted by molar-refractivity contribution is 0.102. The number of rotatable bonds is 4. The molecule has 3 aromatic heterocycles. The average molecular weight is 375 g/mol. The van der Waals surface area contributed by atoms with Gasteiger partial charge in [0.25, 0.3) is 5.91 Å². The topological polar surface area (TPSA) is 80.7 Å². The van der Waals surface area contributed by atoms with Gasteiger partial charge in [0.2, 0.25) is 5.13 Å². The molecular weight excluding hydrogens is 358 g/mol. The van der Waals surface area contributed by atoms with Crippen LogP contribution in [0.4, 0.5) is 5.13 Å². The third-order valence-electron chi connectivity index (χ3n) is 4.09. The standard InChI is InChI=1S/C20H17N5OS/c1-12(2)19-24-25-20(27-19)23-18(26)15-11-17(13-7-9-21-10-8-13)22-16-6-4-3-5-14(15)16/h3-12H,1-2H3,(H,23,25,26). The van der Waals surface area contributed by atoms with Crippen LogP contribution >= 0.6 is 11.3 Å². The van der Waals surface area contributed by atoms with E-state index < -0.39 is 0 Å². The highest BCUT2D eigenvalue weighted by Crippen LogP contribution is 2.27. The van der Waals surface area contributed by atoms with E-state index in [9.17, 15) is 4.79 Å². The van der Waals surface area contributed by atoms with Crippen LogP contribution < -0.4 is 5.32 Å². The Kier molecular flexibility index (Phi) is 4.60. The normalized spacial score (nSPS) is 11.1. The molecule has 7 heteroatoms. The van der Waals surface area contributed by atoms with Crippen molar-refractivity contribution in [2.75, 3.05) is 5.32 Å². The lowest BCUT2D eigenvalue weighted by Gasteiger charge is -2.09. The van der Waals surface area contributed by atoms with Crippen molar-refractivity contribution < 1.29 is 4.79 Å². The average Bonchev–Trinajstić information content (AvgIpc) is 3.16. The third kappa shape index (κ3) is 3.54. The number of para-hydroxylation sites is 1. The predicted molar refractivity (Wildman–Crippen MR) is 107 cm³/mol. The van der Waals surface area contributed by atoms with Crippen LogP contribution in [0.3, 0.4) is 0 Å². The molecule has 0 saturated carbocycles. The Labute approximate surface area is 160 Å². The number of nitrogens with zero attached hydrogens (tertiary/aromatic N) is 4. The molecule has 3 heterocycles. The minimum atomic E-state index is -0.227. The Hall–Kier alpha value is -3.19. The highest BCUT2D eigenvalue weighted by atomic mass is 32.1. The number of carbonyl (C=O) groups is 1. The molecule has 0 radical (unpaired) electrons. The molecule has 0 aliphatic carbocycles. The molecule has 4 aromatic rings. The van der Waals surface area contributed by atoms with Crippen molar-refractivity contribution >= 4 is 33.3 Å². The second-order valence-electron chi connectivity index (χ2n) is 6.36. The summed E-state index contributed by atoms with van der Waals surface area (Å²) < 4.78 is 0. The quantitative estimate of drug-likeness (QED) is 0.567. The molecule has 0 spiro atoms. The summed E-state index contributed by atoms with van der Waals surface area (Å²) in [6.45, 7) is 4.09. The molecule has 0 saturated heterocycles. The van der Waals surface area contributed by atoms with Gasteiger partial charge in [-0.15, -0.1) is 10.2 Å². The summed E-state index contributed by atoms with van der Waals surface area (Å²) in [5, 5.41) is 13.3. The van der Waals surface area contributed by atoms with Crippen molar-refractivity contribution in [1.82, 2.24) is 20.2 Å². The fraction of sp³-hybridized carbons (Fsp3) is 0.150. The Morgan fingerprint density at radius 2 is 1.85 bits per heavy atom. The summed E-state index contributed by atoms with van der Waals surface area (Å²) in [6.07, 6.45) is 3.42. The number of carbonyl (C=O) groups excluding carboxylic acids is 1. The van der Waals surface area contributed by atoms with Gasteiger partial charge in [0.1, 0.15) is 5.01 Å². The number of anilines is 1. The summed E-state index contributed by atoms with van der Waals surface area (Å²) >= 11 is 1.39. The zero-order chi connectivity index (χ0) is 18.8. The van der Waals surface area contributed by atoms with Gasteiger partial charge in [-0.05, 0) is 24.3 Å². The molecule has 6 nitrogen and oxygen atoms in total. The van der Waals surface area contributed by atoms with E-state index in [1.165, 1.54) is 11.3 Å². The predicted octanol–water partition coefficient (Wildman–Crippen LogP) is 4.52. The first-order valence-corrected chi connectivity index (χ1v) is 9.38. The lowest BCUT2D eigenvalue weighted by atomic mass is 10.0. The monoisotopic (exact) mass is 375 g/mol. The highest BCUT2D eigenvalue weighted by molar-refractivity contribution is 7.15. The number of benzene rings is 1. The third-order valence-corrected chi connectivity index (χ3v) is 5.23. The van der Waals surface area contributed by atoms with Gasteiger partial charge in [0, 0.05) is 29.3 Å². The number of hydrogen-bond acceptors (Lipinski definition) is 6. The smallest absolute Gasteiger partial charge is 0.258 e. The molecule has 0 aliphatic rings. The van der Waals surface area contributed by atoms with E-state index in [-0.39, 0.29) is 11.8 Å². The molecule has 0 aliphatic heterocycles. The van der Waals surface area contributed by atoms with Crippen LogP contribution in [-0.2, 0) is 0 Å². The summed E-state index contributed by atoms with van der Waals surface area (Å²) in [7, 11) is 0. The summed E-state index contributed by atoms with van der Waals surface area (Å²) in [4.78, 5) is 21.7. The van der Waals surface area contributed by atoms with Gasteiger partial charge < -0.3 is 0 Å². The first-order valence-electron chi connectivity index (χ1n) is 8.57. The zero-order valence-corrected chi connectivity index (χ0v) is 15.7. The summed E-state index contributed by atoms with van der Waals surface area (Å²) in [5.41, 5.74) is 2.94. The minimum Gasteiger partial charge on any atom is -0.296 e. The molecule has 1 aromatic carbocycles. The number of aromatic nitrogens is 4. The van der Waals surface area contributed by atoms with Crippen LogP contribution in [0.2, 0.25) is 0 Å². The fourth-order valence-electron chi connectivity index (χ4n) is 2.72. The van der Waals surface area contributed by atoms with Gasteiger partial charge in [0.05, 0.1) is 16.8 Å². The molecule has 27 heavy (non-hydrogen) atoms. The van der Waals surface area contributed by atoms with E-state index in [1.54, 1.807) is 18.5 Å². The Morgan fingerprint density at radius 3 is 2.59 bits per heavy atom. The molecule has 134 valence electrons. The van der Waals surface area contributed by atoms with E-state index in [2.05, 4.69) is 25.5 Å². The van der Waals surface area contributed by atoms with Gasteiger partial charge in [-0.25, -0.2) is 4.98 Å².